The zero-order valence-corrected chi connectivity index (χ0v) is 35.3. The number of carbonyl (C=O) groups excluding carboxylic acids is 2. The third kappa shape index (κ3) is 13.2. The van der Waals surface area contributed by atoms with Gasteiger partial charge in [-0.05, 0) is 70.0 Å². The summed E-state index contributed by atoms with van der Waals surface area (Å²) in [6, 6.07) is 53.0. The molecule has 9 nitrogen and oxygen atoms in total. The summed E-state index contributed by atoms with van der Waals surface area (Å²) in [5.74, 6) is -0.0267. The number of nitrogens with two attached hydrogens (primary N) is 1. The molecule has 0 saturated carbocycles. The molecule has 1 saturated heterocycles. The van der Waals surface area contributed by atoms with Crippen molar-refractivity contribution in [3.05, 3.63) is 191 Å². The topological polar surface area (TPSA) is 126 Å². The second kappa shape index (κ2) is 22.7. The number of hydrogen-bond acceptors (Lipinski definition) is 7. The van der Waals surface area contributed by atoms with Gasteiger partial charge >= 0.3 is 0 Å². The first-order valence-electron chi connectivity index (χ1n) is 21.8. The van der Waals surface area contributed by atoms with Crippen LogP contribution in [-0.4, -0.2) is 34.5 Å². The van der Waals surface area contributed by atoms with E-state index in [2.05, 4.69) is 125 Å². The highest BCUT2D eigenvalue weighted by molar-refractivity contribution is 5.93. The predicted octanol–water partition coefficient (Wildman–Crippen LogP) is 10.3. The first-order valence-corrected chi connectivity index (χ1v) is 21.8. The first kappa shape index (κ1) is 44.0. The Bertz CT molecular complexity index is 2260. The van der Waals surface area contributed by atoms with Crippen LogP contribution < -0.4 is 16.4 Å². The molecule has 2 amide bonds. The number of hydrogen-bond donors (Lipinski definition) is 4. The third-order valence-corrected chi connectivity index (χ3v) is 11.3. The van der Waals surface area contributed by atoms with E-state index in [1.807, 2.05) is 36.4 Å². The second-order valence-electron chi connectivity index (χ2n) is 16.1. The van der Waals surface area contributed by atoms with Crippen molar-refractivity contribution >= 4 is 23.2 Å². The summed E-state index contributed by atoms with van der Waals surface area (Å²) in [6.45, 7) is 2.76. The molecular weight excluding hydrogens is 773 g/mol. The zero-order valence-electron chi connectivity index (χ0n) is 35.3. The summed E-state index contributed by atoms with van der Waals surface area (Å²) in [6.07, 6.45) is 4.02. The number of carbonyl (C=O) groups is 2. The van der Waals surface area contributed by atoms with Crippen molar-refractivity contribution in [2.75, 3.05) is 17.6 Å². The molecule has 6 aromatic carbocycles. The van der Waals surface area contributed by atoms with Crippen molar-refractivity contribution in [3.8, 4) is 11.1 Å². The molecule has 1 aliphatic rings. The normalized spacial score (nSPS) is 16.2. The molecule has 9 heteroatoms. The number of aliphatic hydroxyl groups is 1. The minimum absolute atomic E-state index is 0.00378. The number of nitrogens with zero attached hydrogens (tertiary/aromatic N) is 1. The van der Waals surface area contributed by atoms with Gasteiger partial charge in [-0.1, -0.05) is 152 Å². The largest absolute Gasteiger partial charge is 0.397 e. The van der Waals surface area contributed by atoms with Crippen LogP contribution in [0.25, 0.3) is 11.1 Å². The zero-order chi connectivity index (χ0) is 42.9. The maximum Gasteiger partial charge on any atom is 0.224 e. The summed E-state index contributed by atoms with van der Waals surface area (Å²) < 4.78 is 13.5. The van der Waals surface area contributed by atoms with Crippen molar-refractivity contribution in [2.45, 2.75) is 89.7 Å². The van der Waals surface area contributed by atoms with Crippen LogP contribution in [0.4, 0.5) is 11.4 Å². The summed E-state index contributed by atoms with van der Waals surface area (Å²) in [7, 11) is 0. The molecule has 320 valence electrons. The first-order chi connectivity index (χ1) is 30.4. The molecule has 0 unspecified atom stereocenters. The molecule has 0 spiro atoms. The lowest BCUT2D eigenvalue weighted by Crippen LogP contribution is -2.39. The number of nitrogens with one attached hydrogen (secondary N) is 2. The monoisotopic (exact) mass is 830 g/mol. The fourth-order valence-electron chi connectivity index (χ4n) is 7.92. The van der Waals surface area contributed by atoms with E-state index in [1.54, 1.807) is 12.1 Å². The van der Waals surface area contributed by atoms with Crippen LogP contribution in [0.15, 0.2) is 158 Å². The van der Waals surface area contributed by atoms with Gasteiger partial charge in [-0.3, -0.25) is 14.5 Å². The molecule has 1 aliphatic heterocycles. The van der Waals surface area contributed by atoms with Gasteiger partial charge in [-0.25, -0.2) is 0 Å². The van der Waals surface area contributed by atoms with Crippen LogP contribution in [-0.2, 0) is 45.3 Å². The number of benzene rings is 6. The van der Waals surface area contributed by atoms with E-state index in [4.69, 9.17) is 15.2 Å². The molecule has 3 atom stereocenters. The van der Waals surface area contributed by atoms with Crippen molar-refractivity contribution in [1.29, 1.82) is 0 Å². The van der Waals surface area contributed by atoms with E-state index in [0.717, 1.165) is 78.7 Å². The van der Waals surface area contributed by atoms with Gasteiger partial charge in [0.15, 0.2) is 6.29 Å². The SMILES string of the molecule is Nc1ccccc1NC(=O)CCCCCCC(=O)NCc1cccc(-c2ccc([C@H]3O[C@@H](CN(Cc4ccccc4)Cc4ccccc4)C[C@@H](c4ccc(CO)cc4)O3)cc2)c1. The Balaban J connectivity index is 0.938. The maximum absolute atomic E-state index is 12.7. The van der Waals surface area contributed by atoms with Crippen molar-refractivity contribution in [2.24, 2.45) is 0 Å². The molecule has 0 aromatic heterocycles. The molecule has 7 rings (SSSR count). The highest BCUT2D eigenvalue weighted by Gasteiger charge is 2.33. The molecule has 62 heavy (non-hydrogen) atoms. The number of nitrogen functional groups attached to an aromatic ring is 1. The molecular formula is C53H58N4O5. The van der Waals surface area contributed by atoms with Crippen LogP contribution in [0.1, 0.15) is 90.7 Å². The van der Waals surface area contributed by atoms with Crippen LogP contribution in [0, 0.1) is 0 Å². The van der Waals surface area contributed by atoms with E-state index < -0.39 is 6.29 Å². The molecule has 1 heterocycles. The highest BCUT2D eigenvalue weighted by atomic mass is 16.7. The Hall–Kier alpha value is -6.10. The number of ether oxygens (including phenoxy) is 2. The lowest BCUT2D eigenvalue weighted by Gasteiger charge is -2.38. The number of anilines is 2. The minimum Gasteiger partial charge on any atom is -0.397 e. The van der Waals surface area contributed by atoms with Crippen molar-refractivity contribution in [1.82, 2.24) is 10.2 Å². The average Bonchev–Trinajstić information content (AvgIpc) is 3.31. The van der Waals surface area contributed by atoms with Crippen molar-refractivity contribution in [3.63, 3.8) is 0 Å². The Kier molecular flexibility index (Phi) is 16.1. The molecule has 5 N–H and O–H groups in total. The third-order valence-electron chi connectivity index (χ3n) is 11.3. The van der Waals surface area contributed by atoms with E-state index in [1.165, 1.54) is 11.1 Å². The summed E-state index contributed by atoms with van der Waals surface area (Å²) in [5.41, 5.74) is 15.6. The van der Waals surface area contributed by atoms with E-state index in [0.29, 0.717) is 37.2 Å². The molecule has 0 bridgehead atoms. The van der Waals surface area contributed by atoms with Gasteiger partial charge in [0.1, 0.15) is 0 Å². The average molecular weight is 831 g/mol. The fraction of sp³-hybridized carbons (Fsp3) is 0.283. The second-order valence-corrected chi connectivity index (χ2v) is 16.1. The lowest BCUT2D eigenvalue weighted by atomic mass is 9.98. The van der Waals surface area contributed by atoms with Crippen LogP contribution in [0.2, 0.25) is 0 Å². The van der Waals surface area contributed by atoms with Gasteiger partial charge in [-0.2, -0.15) is 0 Å². The minimum atomic E-state index is -0.568. The summed E-state index contributed by atoms with van der Waals surface area (Å²) >= 11 is 0. The Morgan fingerprint density at radius 1 is 0.613 bits per heavy atom. The molecule has 0 radical (unpaired) electrons. The quantitative estimate of drug-likeness (QED) is 0.0446. The maximum atomic E-state index is 12.7. The van der Waals surface area contributed by atoms with E-state index in [-0.39, 0.29) is 30.6 Å². The Morgan fingerprint density at radius 2 is 1.23 bits per heavy atom. The Morgan fingerprint density at radius 3 is 1.89 bits per heavy atom. The number of rotatable bonds is 20. The molecule has 0 aliphatic carbocycles. The molecule has 1 fully saturated rings. The van der Waals surface area contributed by atoms with Gasteiger partial charge in [0.25, 0.3) is 0 Å². The van der Waals surface area contributed by atoms with Gasteiger partial charge in [0.05, 0.1) is 30.2 Å². The van der Waals surface area contributed by atoms with Gasteiger partial charge in [-0.15, -0.1) is 0 Å². The van der Waals surface area contributed by atoms with E-state index >= 15 is 0 Å². The number of para-hydroxylation sites is 2. The predicted molar refractivity (Wildman–Crippen MR) is 246 cm³/mol. The van der Waals surface area contributed by atoms with Gasteiger partial charge < -0.3 is 30.9 Å². The van der Waals surface area contributed by atoms with Gasteiger partial charge in [0, 0.05) is 51.0 Å². The summed E-state index contributed by atoms with van der Waals surface area (Å²) in [5, 5.41) is 15.6. The van der Waals surface area contributed by atoms with E-state index in [9.17, 15) is 14.7 Å². The molecule has 6 aromatic rings. The fourth-order valence-corrected chi connectivity index (χ4v) is 7.92. The van der Waals surface area contributed by atoms with Gasteiger partial charge in [0.2, 0.25) is 11.8 Å². The lowest BCUT2D eigenvalue weighted by molar-refractivity contribution is -0.253. The van der Waals surface area contributed by atoms with Crippen LogP contribution in [0.3, 0.4) is 0 Å². The summed E-state index contributed by atoms with van der Waals surface area (Å²) in [4.78, 5) is 27.4. The Labute approximate surface area is 365 Å². The van der Waals surface area contributed by atoms with Crippen LogP contribution in [0.5, 0.6) is 0 Å². The van der Waals surface area contributed by atoms with Crippen molar-refractivity contribution < 1.29 is 24.2 Å². The standard InChI is InChI=1S/C53H58N4O5/c54-48-20-11-12-21-49(48)56-52(60)23-10-2-1-9-22-51(59)55-34-42-18-13-19-46(32-42)43-28-30-45(31-29-43)53-61-47(33-50(62-53)44-26-24-41(38-58)25-27-44)37-57(35-39-14-5-3-6-15-39)36-40-16-7-4-8-17-40/h3-8,11-21,24-32,47,50,53,58H,1-2,9-10,22-23,33-38,54H2,(H,55,59)(H,56,60)/t47-,50+,53+/m1/s1. The van der Waals surface area contributed by atoms with Crippen LogP contribution >= 0.6 is 0 Å². The number of aliphatic hydroxyl groups excluding tert-OH is 1. The number of amides is 2. The smallest absolute Gasteiger partial charge is 0.224 e. The number of unbranched alkanes of at least 4 members (excludes halogenated alkanes) is 3. The highest BCUT2D eigenvalue weighted by Crippen LogP contribution is 2.39.